The first-order chi connectivity index (χ1) is 15.4. The standard InChI is InChI=1S/C26H38N4O2/c1-20-23(21(2)29(4)27-20)19-30-15-13-26(14-16-30)12-8-7-10-22-9-5-6-11-24(22)32-18-17-28(3)25(26)31/h5-6,9,11H,7-8,10,12-19H2,1-4H3. The first-order valence-corrected chi connectivity index (χ1v) is 12.1. The second-order valence-corrected chi connectivity index (χ2v) is 9.72. The molecule has 0 bridgehead atoms. The molecule has 0 N–H and O–H groups in total. The molecule has 0 atom stereocenters. The minimum absolute atomic E-state index is 0.233. The molecular formula is C26H38N4O2. The first kappa shape index (κ1) is 22.8. The predicted octanol–water partition coefficient (Wildman–Crippen LogP) is 3.88. The van der Waals surface area contributed by atoms with Crippen molar-refractivity contribution >= 4 is 5.91 Å². The number of carbonyl (C=O) groups is 1. The summed E-state index contributed by atoms with van der Waals surface area (Å²) in [5.74, 6) is 1.28. The van der Waals surface area contributed by atoms with Crippen LogP contribution in [0.4, 0.5) is 0 Å². The Hall–Kier alpha value is -2.34. The highest BCUT2D eigenvalue weighted by Gasteiger charge is 2.42. The molecule has 32 heavy (non-hydrogen) atoms. The van der Waals surface area contributed by atoms with Gasteiger partial charge in [0.2, 0.25) is 5.91 Å². The molecule has 1 fully saturated rings. The SMILES string of the molecule is Cc1nn(C)c(C)c1CN1CCC2(CCCCc3ccccc3OCCN(C)C2=O)CC1. The number of para-hydroxylation sites is 1. The summed E-state index contributed by atoms with van der Waals surface area (Å²) in [6.45, 7) is 8.27. The fourth-order valence-electron chi connectivity index (χ4n) is 5.41. The van der Waals surface area contributed by atoms with E-state index in [-0.39, 0.29) is 5.41 Å². The van der Waals surface area contributed by atoms with Crippen molar-refractivity contribution in [3.8, 4) is 5.75 Å². The summed E-state index contributed by atoms with van der Waals surface area (Å²) in [5, 5.41) is 4.57. The molecule has 0 saturated carbocycles. The van der Waals surface area contributed by atoms with E-state index in [2.05, 4.69) is 36.0 Å². The van der Waals surface area contributed by atoms with Crippen LogP contribution < -0.4 is 4.74 Å². The number of likely N-dealkylation sites (tertiary alicyclic amines) is 1. The molecule has 1 spiro atoms. The van der Waals surface area contributed by atoms with E-state index < -0.39 is 0 Å². The van der Waals surface area contributed by atoms with Crippen LogP contribution in [-0.4, -0.2) is 58.8 Å². The maximum atomic E-state index is 13.6. The summed E-state index contributed by atoms with van der Waals surface area (Å²) >= 11 is 0. The zero-order chi connectivity index (χ0) is 22.7. The maximum absolute atomic E-state index is 13.6. The molecule has 0 aliphatic carbocycles. The molecule has 1 amide bonds. The van der Waals surface area contributed by atoms with Crippen LogP contribution in [0.2, 0.25) is 0 Å². The minimum Gasteiger partial charge on any atom is -0.491 e. The molecule has 6 heteroatoms. The monoisotopic (exact) mass is 438 g/mol. The van der Waals surface area contributed by atoms with Gasteiger partial charge in [-0.15, -0.1) is 0 Å². The van der Waals surface area contributed by atoms with Crippen LogP contribution in [0.1, 0.15) is 54.6 Å². The predicted molar refractivity (Wildman–Crippen MR) is 127 cm³/mol. The largest absolute Gasteiger partial charge is 0.491 e. The molecule has 6 nitrogen and oxygen atoms in total. The Morgan fingerprint density at radius 2 is 1.78 bits per heavy atom. The Morgan fingerprint density at radius 1 is 1.03 bits per heavy atom. The van der Waals surface area contributed by atoms with E-state index in [4.69, 9.17) is 4.74 Å². The zero-order valence-electron chi connectivity index (χ0n) is 20.2. The van der Waals surface area contributed by atoms with Crippen molar-refractivity contribution < 1.29 is 9.53 Å². The highest BCUT2D eigenvalue weighted by atomic mass is 16.5. The van der Waals surface area contributed by atoms with Gasteiger partial charge in [0.25, 0.3) is 0 Å². The number of hydrogen-bond donors (Lipinski definition) is 0. The van der Waals surface area contributed by atoms with E-state index in [1.54, 1.807) is 0 Å². The van der Waals surface area contributed by atoms with E-state index in [0.717, 1.165) is 69.6 Å². The Bertz CT molecular complexity index is 943. The lowest BCUT2D eigenvalue weighted by atomic mass is 9.73. The van der Waals surface area contributed by atoms with Crippen LogP contribution in [-0.2, 0) is 24.8 Å². The van der Waals surface area contributed by atoms with Crippen molar-refractivity contribution in [2.75, 3.05) is 33.3 Å². The summed E-state index contributed by atoms with van der Waals surface area (Å²) in [6, 6.07) is 8.34. The van der Waals surface area contributed by atoms with E-state index in [1.807, 2.05) is 35.8 Å². The molecule has 2 aromatic rings. The smallest absolute Gasteiger partial charge is 0.228 e. The van der Waals surface area contributed by atoms with Crippen molar-refractivity contribution in [3.63, 3.8) is 0 Å². The topological polar surface area (TPSA) is 50.6 Å². The van der Waals surface area contributed by atoms with Gasteiger partial charge in [0, 0.05) is 31.9 Å². The van der Waals surface area contributed by atoms with Gasteiger partial charge >= 0.3 is 0 Å². The number of nitrogens with zero attached hydrogens (tertiary/aromatic N) is 4. The maximum Gasteiger partial charge on any atom is 0.228 e. The third-order valence-corrected chi connectivity index (χ3v) is 7.66. The van der Waals surface area contributed by atoms with Crippen molar-refractivity contribution in [2.45, 2.75) is 58.9 Å². The average Bonchev–Trinajstić information content (AvgIpc) is 3.03. The van der Waals surface area contributed by atoms with Crippen LogP contribution in [0.3, 0.4) is 0 Å². The fraction of sp³-hybridized carbons (Fsp3) is 0.615. The Morgan fingerprint density at radius 3 is 2.50 bits per heavy atom. The number of aromatic nitrogens is 2. The third-order valence-electron chi connectivity index (χ3n) is 7.66. The second kappa shape index (κ2) is 9.65. The van der Waals surface area contributed by atoms with Gasteiger partial charge < -0.3 is 9.64 Å². The summed E-state index contributed by atoms with van der Waals surface area (Å²) in [4.78, 5) is 18.0. The van der Waals surface area contributed by atoms with E-state index in [9.17, 15) is 4.79 Å². The van der Waals surface area contributed by atoms with Crippen molar-refractivity contribution in [2.24, 2.45) is 12.5 Å². The van der Waals surface area contributed by atoms with Gasteiger partial charge in [-0.1, -0.05) is 24.6 Å². The number of piperidine rings is 1. The highest BCUT2D eigenvalue weighted by Crippen LogP contribution is 2.39. The van der Waals surface area contributed by atoms with E-state index in [0.29, 0.717) is 19.1 Å². The molecule has 174 valence electrons. The Balaban J connectivity index is 1.44. The Kier molecular flexibility index (Phi) is 6.89. The highest BCUT2D eigenvalue weighted by molar-refractivity contribution is 5.82. The molecule has 1 saturated heterocycles. The number of ether oxygens (including phenoxy) is 1. The average molecular weight is 439 g/mol. The molecule has 2 aliphatic heterocycles. The lowest BCUT2D eigenvalue weighted by Gasteiger charge is -2.43. The number of amides is 1. The lowest BCUT2D eigenvalue weighted by molar-refractivity contribution is -0.145. The first-order valence-electron chi connectivity index (χ1n) is 12.1. The van der Waals surface area contributed by atoms with Crippen LogP contribution in [0.5, 0.6) is 5.75 Å². The van der Waals surface area contributed by atoms with Crippen molar-refractivity contribution in [1.29, 1.82) is 0 Å². The van der Waals surface area contributed by atoms with Gasteiger partial charge in [-0.05, 0) is 70.7 Å². The molecule has 2 aliphatic rings. The van der Waals surface area contributed by atoms with Crippen molar-refractivity contribution in [3.05, 3.63) is 46.8 Å². The lowest BCUT2D eigenvalue weighted by Crippen LogP contribution is -2.50. The summed E-state index contributed by atoms with van der Waals surface area (Å²) in [6.07, 6.45) is 6.05. The van der Waals surface area contributed by atoms with Crippen molar-refractivity contribution in [1.82, 2.24) is 19.6 Å². The number of benzene rings is 1. The minimum atomic E-state index is -0.233. The molecule has 0 radical (unpaired) electrons. The molecule has 1 aromatic heterocycles. The van der Waals surface area contributed by atoms with Gasteiger partial charge in [0.1, 0.15) is 12.4 Å². The van der Waals surface area contributed by atoms with Gasteiger partial charge in [0.05, 0.1) is 17.7 Å². The normalized spacial score (nSPS) is 20.4. The molecular weight excluding hydrogens is 400 g/mol. The quantitative estimate of drug-likeness (QED) is 0.714. The van der Waals surface area contributed by atoms with Gasteiger partial charge in [-0.2, -0.15) is 5.10 Å². The second-order valence-electron chi connectivity index (χ2n) is 9.72. The number of rotatable bonds is 2. The summed E-state index contributed by atoms with van der Waals surface area (Å²) in [5.41, 5.74) is 4.75. The van der Waals surface area contributed by atoms with E-state index in [1.165, 1.54) is 16.8 Å². The summed E-state index contributed by atoms with van der Waals surface area (Å²) < 4.78 is 8.03. The number of fused-ring (bicyclic) bond motifs is 1. The van der Waals surface area contributed by atoms with Gasteiger partial charge in [-0.25, -0.2) is 0 Å². The van der Waals surface area contributed by atoms with Crippen LogP contribution in [0, 0.1) is 19.3 Å². The van der Waals surface area contributed by atoms with Crippen LogP contribution in [0.15, 0.2) is 24.3 Å². The number of aryl methyl sites for hydroxylation is 3. The zero-order valence-corrected chi connectivity index (χ0v) is 20.2. The fourth-order valence-corrected chi connectivity index (χ4v) is 5.41. The van der Waals surface area contributed by atoms with Crippen LogP contribution in [0.25, 0.3) is 0 Å². The third kappa shape index (κ3) is 4.70. The Labute approximate surface area is 192 Å². The molecule has 0 unspecified atom stereocenters. The summed E-state index contributed by atoms with van der Waals surface area (Å²) in [7, 11) is 3.96. The molecule has 1 aromatic carbocycles. The number of carbonyl (C=O) groups excluding carboxylic acids is 1. The number of likely N-dealkylation sites (N-methyl/N-ethyl adjacent to an activating group) is 1. The molecule has 3 heterocycles. The van der Waals surface area contributed by atoms with E-state index >= 15 is 0 Å². The number of hydrogen-bond acceptors (Lipinski definition) is 4. The molecule has 4 rings (SSSR count). The van der Waals surface area contributed by atoms with Gasteiger partial charge in [0.15, 0.2) is 0 Å². The van der Waals surface area contributed by atoms with Crippen LogP contribution >= 0.6 is 0 Å². The van der Waals surface area contributed by atoms with Gasteiger partial charge in [-0.3, -0.25) is 14.4 Å².